The van der Waals surface area contributed by atoms with Crippen LogP contribution in [0.4, 0.5) is 10.1 Å². The molecule has 0 bridgehead atoms. The highest BCUT2D eigenvalue weighted by Crippen LogP contribution is 2.22. The molecule has 0 saturated heterocycles. The van der Waals surface area contributed by atoms with E-state index in [0.29, 0.717) is 16.8 Å². The first kappa shape index (κ1) is 17.4. The molecule has 1 N–H and O–H groups in total. The van der Waals surface area contributed by atoms with Gasteiger partial charge < -0.3 is 10.1 Å². The van der Waals surface area contributed by atoms with Crippen LogP contribution in [0.5, 0.6) is 5.75 Å². The largest absolute Gasteiger partial charge is 0.494 e. The van der Waals surface area contributed by atoms with Crippen molar-refractivity contribution in [3.05, 3.63) is 95.3 Å². The van der Waals surface area contributed by atoms with Crippen molar-refractivity contribution in [1.29, 1.82) is 0 Å². The Hall–Kier alpha value is -3.47. The van der Waals surface area contributed by atoms with Gasteiger partial charge in [-0.05, 0) is 30.3 Å². The van der Waals surface area contributed by atoms with E-state index < -0.39 is 11.7 Å². The Bertz CT molecular complexity index is 954. The molecule has 0 radical (unpaired) electrons. The number of amides is 1. The van der Waals surface area contributed by atoms with Crippen LogP contribution < -0.4 is 10.1 Å². The van der Waals surface area contributed by atoms with Crippen LogP contribution in [0.25, 0.3) is 0 Å². The zero-order valence-electron chi connectivity index (χ0n) is 14.0. The molecule has 3 aromatic carbocycles. The van der Waals surface area contributed by atoms with Crippen LogP contribution in [-0.2, 0) is 0 Å². The lowest BCUT2D eigenvalue weighted by atomic mass is 10.0. The maximum atomic E-state index is 13.8. The van der Waals surface area contributed by atoms with E-state index in [4.69, 9.17) is 4.74 Å². The molecule has 130 valence electrons. The van der Waals surface area contributed by atoms with E-state index in [1.807, 2.05) is 6.07 Å². The molecule has 0 spiro atoms. The van der Waals surface area contributed by atoms with Gasteiger partial charge >= 0.3 is 0 Å². The summed E-state index contributed by atoms with van der Waals surface area (Å²) in [6.07, 6.45) is 0. The topological polar surface area (TPSA) is 55.4 Å². The lowest BCUT2D eigenvalue weighted by Crippen LogP contribution is -2.15. The fourth-order valence-corrected chi connectivity index (χ4v) is 2.54. The number of ether oxygens (including phenoxy) is 1. The van der Waals surface area contributed by atoms with Crippen molar-refractivity contribution < 1.29 is 18.7 Å². The highest BCUT2D eigenvalue weighted by Gasteiger charge is 2.16. The Labute approximate surface area is 150 Å². The number of ketones is 1. The average molecular weight is 349 g/mol. The van der Waals surface area contributed by atoms with Crippen LogP contribution in [0, 0.1) is 5.82 Å². The number of carbonyl (C=O) groups excluding carboxylic acids is 2. The van der Waals surface area contributed by atoms with Gasteiger partial charge in [0.15, 0.2) is 17.3 Å². The van der Waals surface area contributed by atoms with E-state index in [1.54, 1.807) is 48.5 Å². The fourth-order valence-electron chi connectivity index (χ4n) is 2.54. The van der Waals surface area contributed by atoms with Gasteiger partial charge in [0, 0.05) is 16.7 Å². The molecule has 0 unspecified atom stereocenters. The molecule has 26 heavy (non-hydrogen) atoms. The molecular weight excluding hydrogens is 333 g/mol. The summed E-state index contributed by atoms with van der Waals surface area (Å²) in [6.45, 7) is 0. The van der Waals surface area contributed by atoms with Crippen LogP contribution in [0.3, 0.4) is 0 Å². The van der Waals surface area contributed by atoms with Crippen molar-refractivity contribution in [2.75, 3.05) is 12.4 Å². The number of anilines is 1. The monoisotopic (exact) mass is 349 g/mol. The van der Waals surface area contributed by atoms with Crippen molar-refractivity contribution in [1.82, 2.24) is 0 Å². The standard InChI is InChI=1S/C21H16FNO3/c1-26-19-12-11-15(13-17(19)22)21(25)23-18-10-6-5-9-16(18)20(24)14-7-3-2-4-8-14/h2-13H,1H3,(H,23,25). The molecule has 0 heterocycles. The molecule has 0 saturated carbocycles. The van der Waals surface area contributed by atoms with Gasteiger partial charge in [-0.2, -0.15) is 0 Å². The summed E-state index contributed by atoms with van der Waals surface area (Å²) in [5, 5.41) is 2.67. The quantitative estimate of drug-likeness (QED) is 0.698. The molecular formula is C21H16FNO3. The summed E-state index contributed by atoms with van der Waals surface area (Å²) in [6, 6.07) is 19.4. The molecule has 1 amide bonds. The molecule has 0 fully saturated rings. The summed E-state index contributed by atoms with van der Waals surface area (Å²) < 4.78 is 18.7. The molecule has 0 aliphatic carbocycles. The minimum Gasteiger partial charge on any atom is -0.494 e. The van der Waals surface area contributed by atoms with Crippen LogP contribution >= 0.6 is 0 Å². The molecule has 0 aliphatic heterocycles. The van der Waals surface area contributed by atoms with Crippen molar-refractivity contribution in [2.45, 2.75) is 0 Å². The van der Waals surface area contributed by atoms with Crippen molar-refractivity contribution in [3.63, 3.8) is 0 Å². The molecule has 3 aromatic rings. The minimum absolute atomic E-state index is 0.0567. The second-order valence-corrected chi connectivity index (χ2v) is 5.54. The number of rotatable bonds is 5. The molecule has 4 nitrogen and oxygen atoms in total. The zero-order chi connectivity index (χ0) is 18.5. The average Bonchev–Trinajstić information content (AvgIpc) is 2.68. The normalized spacial score (nSPS) is 10.2. The van der Waals surface area contributed by atoms with Crippen molar-refractivity contribution in [3.8, 4) is 5.75 Å². The van der Waals surface area contributed by atoms with Gasteiger partial charge in [0.2, 0.25) is 0 Å². The lowest BCUT2D eigenvalue weighted by molar-refractivity contribution is 0.102. The maximum Gasteiger partial charge on any atom is 0.255 e. The number of benzene rings is 3. The van der Waals surface area contributed by atoms with Gasteiger partial charge in [-0.15, -0.1) is 0 Å². The summed E-state index contributed by atoms with van der Waals surface area (Å²) in [4.78, 5) is 25.1. The predicted molar refractivity (Wildman–Crippen MR) is 97.2 cm³/mol. The van der Waals surface area contributed by atoms with Crippen molar-refractivity contribution >= 4 is 17.4 Å². The summed E-state index contributed by atoms with van der Waals surface area (Å²) >= 11 is 0. The SMILES string of the molecule is COc1ccc(C(=O)Nc2ccccc2C(=O)c2ccccc2)cc1F. The van der Waals surface area contributed by atoms with E-state index in [1.165, 1.54) is 19.2 Å². The van der Waals surface area contributed by atoms with Crippen LogP contribution in [0.1, 0.15) is 26.3 Å². The first-order chi connectivity index (χ1) is 12.6. The summed E-state index contributed by atoms with van der Waals surface area (Å²) in [5.41, 5.74) is 1.37. The number of nitrogens with one attached hydrogen (secondary N) is 1. The number of hydrogen-bond acceptors (Lipinski definition) is 3. The molecule has 5 heteroatoms. The van der Waals surface area contributed by atoms with E-state index in [9.17, 15) is 14.0 Å². The molecule has 0 aromatic heterocycles. The highest BCUT2D eigenvalue weighted by atomic mass is 19.1. The Morgan fingerprint density at radius 2 is 1.58 bits per heavy atom. The van der Waals surface area contributed by atoms with Crippen LogP contribution in [-0.4, -0.2) is 18.8 Å². The van der Waals surface area contributed by atoms with E-state index in [2.05, 4.69) is 5.32 Å². The van der Waals surface area contributed by atoms with Gasteiger partial charge in [0.05, 0.1) is 12.8 Å². The van der Waals surface area contributed by atoms with Crippen LogP contribution in [0.2, 0.25) is 0 Å². The minimum atomic E-state index is -0.631. The van der Waals surface area contributed by atoms with E-state index in [-0.39, 0.29) is 17.1 Å². The van der Waals surface area contributed by atoms with Gasteiger partial charge in [-0.3, -0.25) is 9.59 Å². The summed E-state index contributed by atoms with van der Waals surface area (Å²) in [7, 11) is 1.35. The Kier molecular flexibility index (Phi) is 5.08. The molecule has 0 atom stereocenters. The van der Waals surface area contributed by atoms with Crippen molar-refractivity contribution in [2.24, 2.45) is 0 Å². The van der Waals surface area contributed by atoms with E-state index in [0.717, 1.165) is 6.07 Å². The number of para-hydroxylation sites is 1. The Morgan fingerprint density at radius 1 is 0.885 bits per heavy atom. The molecule has 0 aliphatic rings. The molecule has 3 rings (SSSR count). The number of hydrogen-bond donors (Lipinski definition) is 1. The number of carbonyl (C=O) groups is 2. The van der Waals surface area contributed by atoms with E-state index >= 15 is 0 Å². The van der Waals surface area contributed by atoms with Gasteiger partial charge in [-0.25, -0.2) is 4.39 Å². The van der Waals surface area contributed by atoms with Gasteiger partial charge in [0.1, 0.15) is 0 Å². The van der Waals surface area contributed by atoms with Gasteiger partial charge in [0.25, 0.3) is 5.91 Å². The Morgan fingerprint density at radius 3 is 2.27 bits per heavy atom. The Balaban J connectivity index is 1.88. The zero-order valence-corrected chi connectivity index (χ0v) is 14.0. The smallest absolute Gasteiger partial charge is 0.255 e. The predicted octanol–water partition coefficient (Wildman–Crippen LogP) is 4.32. The van der Waals surface area contributed by atoms with Gasteiger partial charge in [-0.1, -0.05) is 42.5 Å². The fraction of sp³-hybridized carbons (Fsp3) is 0.0476. The number of methoxy groups -OCH3 is 1. The third-order valence-corrected chi connectivity index (χ3v) is 3.87. The second-order valence-electron chi connectivity index (χ2n) is 5.54. The first-order valence-corrected chi connectivity index (χ1v) is 7.94. The second kappa shape index (κ2) is 7.61. The third kappa shape index (κ3) is 3.62. The van der Waals surface area contributed by atoms with Crippen LogP contribution in [0.15, 0.2) is 72.8 Å². The lowest BCUT2D eigenvalue weighted by Gasteiger charge is -2.11. The maximum absolute atomic E-state index is 13.8. The first-order valence-electron chi connectivity index (χ1n) is 7.94. The third-order valence-electron chi connectivity index (χ3n) is 3.87. The summed E-state index contributed by atoms with van der Waals surface area (Å²) in [5.74, 6) is -1.29. The number of halogens is 1. The highest BCUT2D eigenvalue weighted by molar-refractivity contribution is 6.15.